The van der Waals surface area contributed by atoms with Crippen LogP contribution in [0, 0.1) is 22.2 Å². The maximum atomic E-state index is 12.4. The third-order valence-corrected chi connectivity index (χ3v) is 3.65. The first-order valence-corrected chi connectivity index (χ1v) is 6.95. The van der Waals surface area contributed by atoms with Crippen molar-refractivity contribution in [2.45, 2.75) is 73.3 Å². The van der Waals surface area contributed by atoms with Crippen LogP contribution in [0.4, 0.5) is 0 Å². The van der Waals surface area contributed by atoms with Crippen molar-refractivity contribution >= 4 is 5.91 Å². The highest BCUT2D eigenvalue weighted by atomic mass is 16.2. The minimum Gasteiger partial charge on any atom is -0.352 e. The zero-order valence-corrected chi connectivity index (χ0v) is 12.8. The van der Waals surface area contributed by atoms with Crippen LogP contribution in [0.25, 0.3) is 0 Å². The molecule has 0 aliphatic heterocycles. The molecule has 0 fully saturated rings. The Labute approximate surface area is 112 Å². The van der Waals surface area contributed by atoms with Gasteiger partial charge in [-0.05, 0) is 25.2 Å². The lowest BCUT2D eigenvalue weighted by atomic mass is 9.78. The third-order valence-electron chi connectivity index (χ3n) is 3.65. The van der Waals surface area contributed by atoms with Crippen LogP contribution in [0.1, 0.15) is 67.2 Å². The molecule has 3 nitrogen and oxygen atoms in total. The van der Waals surface area contributed by atoms with Crippen LogP contribution in [0.5, 0.6) is 0 Å². The Balaban J connectivity index is 4.93. The molecule has 0 aromatic heterocycles. The molecule has 1 N–H and O–H groups in total. The summed E-state index contributed by atoms with van der Waals surface area (Å²) in [4.78, 5) is 12.4. The second-order valence-electron chi connectivity index (χ2n) is 6.26. The van der Waals surface area contributed by atoms with Crippen molar-refractivity contribution in [1.82, 2.24) is 5.32 Å². The predicted molar refractivity (Wildman–Crippen MR) is 74.9 cm³/mol. The smallest absolute Gasteiger partial charge is 0.240 e. The number of rotatable bonds is 6. The van der Waals surface area contributed by atoms with Gasteiger partial charge in [-0.3, -0.25) is 4.79 Å². The number of nitrogens with zero attached hydrogens (tertiary/aromatic N) is 1. The second-order valence-corrected chi connectivity index (χ2v) is 6.26. The first-order chi connectivity index (χ1) is 8.23. The average Bonchev–Trinajstić information content (AvgIpc) is 2.27. The van der Waals surface area contributed by atoms with Gasteiger partial charge in [0.05, 0.1) is 6.07 Å². The molecule has 1 unspecified atom stereocenters. The number of hydrogen-bond donors (Lipinski definition) is 1. The first kappa shape index (κ1) is 17.0. The van der Waals surface area contributed by atoms with Crippen molar-refractivity contribution in [3.63, 3.8) is 0 Å². The molecule has 0 saturated carbocycles. The van der Waals surface area contributed by atoms with Gasteiger partial charge >= 0.3 is 0 Å². The number of amides is 1. The van der Waals surface area contributed by atoms with Crippen molar-refractivity contribution in [2.75, 3.05) is 0 Å². The molecule has 0 aromatic rings. The molecular weight excluding hydrogens is 224 g/mol. The van der Waals surface area contributed by atoms with Gasteiger partial charge in [0.25, 0.3) is 0 Å². The first-order valence-electron chi connectivity index (χ1n) is 6.95. The predicted octanol–water partition coefficient (Wildman–Crippen LogP) is 3.65. The average molecular weight is 252 g/mol. The fourth-order valence-corrected chi connectivity index (χ4v) is 1.92. The van der Waals surface area contributed by atoms with E-state index in [0.717, 1.165) is 12.8 Å². The van der Waals surface area contributed by atoms with E-state index in [-0.39, 0.29) is 17.4 Å². The normalized spacial score (nSPS) is 13.8. The Hall–Kier alpha value is -1.04. The molecule has 104 valence electrons. The van der Waals surface area contributed by atoms with Crippen LogP contribution >= 0.6 is 0 Å². The summed E-state index contributed by atoms with van der Waals surface area (Å²) < 4.78 is 0. The molecule has 0 aromatic carbocycles. The van der Waals surface area contributed by atoms with E-state index in [1.807, 2.05) is 20.8 Å². The SMILES string of the molecule is CCCC(C#N)(CCC)C(=O)NC(C)C(C)(C)C. The summed E-state index contributed by atoms with van der Waals surface area (Å²) in [6, 6.07) is 2.32. The molecule has 0 bridgehead atoms. The second kappa shape index (κ2) is 6.78. The van der Waals surface area contributed by atoms with Crippen LogP contribution in [-0.4, -0.2) is 11.9 Å². The van der Waals surface area contributed by atoms with Gasteiger partial charge in [-0.15, -0.1) is 0 Å². The van der Waals surface area contributed by atoms with Gasteiger partial charge in [0.15, 0.2) is 0 Å². The Morgan fingerprint density at radius 1 is 1.22 bits per heavy atom. The van der Waals surface area contributed by atoms with Crippen LogP contribution in [0.3, 0.4) is 0 Å². The standard InChI is InChI=1S/C15H28N2O/c1-7-9-15(11-16,10-8-2)13(18)17-12(3)14(4,5)6/h12H,7-10H2,1-6H3,(H,17,18). The van der Waals surface area contributed by atoms with Gasteiger partial charge in [-0.1, -0.05) is 47.5 Å². The maximum Gasteiger partial charge on any atom is 0.240 e. The minimum atomic E-state index is -0.844. The monoisotopic (exact) mass is 252 g/mol. The van der Waals surface area contributed by atoms with E-state index in [2.05, 4.69) is 32.2 Å². The summed E-state index contributed by atoms with van der Waals surface area (Å²) in [6.07, 6.45) is 2.98. The Morgan fingerprint density at radius 2 is 1.67 bits per heavy atom. The van der Waals surface area contributed by atoms with E-state index in [1.165, 1.54) is 0 Å². The van der Waals surface area contributed by atoms with Gasteiger partial charge in [0.1, 0.15) is 5.41 Å². The van der Waals surface area contributed by atoms with Crippen LogP contribution in [0.2, 0.25) is 0 Å². The van der Waals surface area contributed by atoms with Crippen molar-refractivity contribution < 1.29 is 4.79 Å². The maximum absolute atomic E-state index is 12.4. The molecular formula is C15H28N2O. The summed E-state index contributed by atoms with van der Waals surface area (Å²) >= 11 is 0. The molecule has 0 aliphatic carbocycles. The number of carbonyl (C=O) groups excluding carboxylic acids is 1. The molecule has 0 aliphatic rings. The zero-order chi connectivity index (χ0) is 14.4. The number of carbonyl (C=O) groups is 1. The third kappa shape index (κ3) is 4.33. The highest BCUT2D eigenvalue weighted by Crippen LogP contribution is 2.30. The van der Waals surface area contributed by atoms with Gasteiger partial charge < -0.3 is 5.32 Å². The summed E-state index contributed by atoms with van der Waals surface area (Å²) in [5, 5.41) is 12.4. The number of nitriles is 1. The minimum absolute atomic E-state index is 0.00921. The van der Waals surface area contributed by atoms with Crippen LogP contribution < -0.4 is 5.32 Å². The van der Waals surface area contributed by atoms with E-state index in [0.29, 0.717) is 12.8 Å². The van der Waals surface area contributed by atoms with Gasteiger partial charge in [-0.25, -0.2) is 0 Å². The summed E-state index contributed by atoms with van der Waals surface area (Å²) in [6.45, 7) is 12.3. The van der Waals surface area contributed by atoms with Crippen molar-refractivity contribution in [3.05, 3.63) is 0 Å². The van der Waals surface area contributed by atoms with E-state index >= 15 is 0 Å². The summed E-state index contributed by atoms with van der Waals surface area (Å²) in [7, 11) is 0. The van der Waals surface area contributed by atoms with Crippen molar-refractivity contribution in [3.8, 4) is 6.07 Å². The van der Waals surface area contributed by atoms with E-state index in [9.17, 15) is 10.1 Å². The molecule has 0 rings (SSSR count). The molecule has 0 heterocycles. The van der Waals surface area contributed by atoms with E-state index in [1.54, 1.807) is 0 Å². The number of hydrogen-bond acceptors (Lipinski definition) is 2. The molecule has 0 radical (unpaired) electrons. The highest BCUT2D eigenvalue weighted by molar-refractivity contribution is 5.85. The largest absolute Gasteiger partial charge is 0.352 e. The van der Waals surface area contributed by atoms with Crippen LogP contribution in [0.15, 0.2) is 0 Å². The van der Waals surface area contributed by atoms with Gasteiger partial charge in [0.2, 0.25) is 5.91 Å². The molecule has 0 spiro atoms. The fourth-order valence-electron chi connectivity index (χ4n) is 1.92. The zero-order valence-electron chi connectivity index (χ0n) is 12.8. The quantitative estimate of drug-likeness (QED) is 0.784. The summed E-state index contributed by atoms with van der Waals surface area (Å²) in [5.74, 6) is -0.101. The highest BCUT2D eigenvalue weighted by Gasteiger charge is 2.38. The molecule has 1 amide bonds. The number of nitrogens with one attached hydrogen (secondary N) is 1. The fraction of sp³-hybridized carbons (Fsp3) is 0.867. The lowest BCUT2D eigenvalue weighted by Crippen LogP contribution is -2.48. The van der Waals surface area contributed by atoms with Crippen molar-refractivity contribution in [1.29, 1.82) is 5.26 Å². The Kier molecular flexibility index (Phi) is 6.38. The van der Waals surface area contributed by atoms with E-state index in [4.69, 9.17) is 0 Å². The molecule has 3 heteroatoms. The van der Waals surface area contributed by atoms with Gasteiger partial charge in [0, 0.05) is 6.04 Å². The molecule has 1 atom stereocenters. The lowest BCUT2D eigenvalue weighted by Gasteiger charge is -2.32. The van der Waals surface area contributed by atoms with Crippen molar-refractivity contribution in [2.24, 2.45) is 10.8 Å². The summed E-state index contributed by atoms with van der Waals surface area (Å²) in [5.41, 5.74) is -0.835. The molecule has 18 heavy (non-hydrogen) atoms. The Bertz CT molecular complexity index is 303. The van der Waals surface area contributed by atoms with E-state index < -0.39 is 5.41 Å². The Morgan fingerprint density at radius 3 is 1.94 bits per heavy atom. The van der Waals surface area contributed by atoms with Crippen LogP contribution in [-0.2, 0) is 4.79 Å². The molecule has 0 saturated heterocycles. The lowest BCUT2D eigenvalue weighted by molar-refractivity contribution is -0.130. The topological polar surface area (TPSA) is 52.9 Å². The van der Waals surface area contributed by atoms with Gasteiger partial charge in [-0.2, -0.15) is 5.26 Å².